The molecule has 1 fully saturated rings. The molecule has 2 aliphatic heterocycles. The van der Waals surface area contributed by atoms with Gasteiger partial charge in [-0.3, -0.25) is 19.0 Å². The highest BCUT2D eigenvalue weighted by Crippen LogP contribution is 2.41. The van der Waals surface area contributed by atoms with Crippen LogP contribution in [-0.2, 0) is 29.0 Å². The molecule has 16 heteroatoms. The second-order valence-corrected chi connectivity index (χ2v) is 11.2. The van der Waals surface area contributed by atoms with E-state index in [0.717, 1.165) is 13.2 Å². The molecule has 0 spiro atoms. The van der Waals surface area contributed by atoms with E-state index in [1.165, 1.54) is 21.4 Å². The number of methoxy groups -OCH3 is 1. The van der Waals surface area contributed by atoms with Crippen molar-refractivity contribution in [2.75, 3.05) is 37.1 Å². The summed E-state index contributed by atoms with van der Waals surface area (Å²) in [5.74, 6) is -4.42. The first-order chi connectivity index (χ1) is 21.5. The Morgan fingerprint density at radius 2 is 2.02 bits per heavy atom. The molecule has 1 aromatic carbocycles. The van der Waals surface area contributed by atoms with Crippen LogP contribution in [0.2, 0.25) is 5.02 Å². The fourth-order valence-electron chi connectivity index (χ4n) is 5.78. The summed E-state index contributed by atoms with van der Waals surface area (Å²) in [7, 11) is 1.10. The third-order valence-corrected chi connectivity index (χ3v) is 8.31. The number of morpholine rings is 1. The Kier molecular flexibility index (Phi) is 7.82. The van der Waals surface area contributed by atoms with E-state index in [-0.39, 0.29) is 39.7 Å². The molecule has 45 heavy (non-hydrogen) atoms. The lowest BCUT2D eigenvalue weighted by Crippen LogP contribution is -2.44. The number of ether oxygens (including phenoxy) is 2. The van der Waals surface area contributed by atoms with E-state index in [9.17, 15) is 23.9 Å². The number of hydrogen-bond acceptors (Lipinski definition) is 9. The maximum atomic E-state index is 15.7. The zero-order valence-corrected chi connectivity index (χ0v) is 25.0. The van der Waals surface area contributed by atoms with Crippen LogP contribution in [0.3, 0.4) is 0 Å². The molecule has 0 radical (unpaired) electrons. The molecule has 13 nitrogen and oxygen atoms in total. The first-order valence-electron chi connectivity index (χ1n) is 14.0. The number of hydrogen-bond donors (Lipinski definition) is 3. The quantitative estimate of drug-likeness (QED) is 0.257. The predicted octanol–water partition coefficient (Wildman–Crippen LogP) is 2.81. The van der Waals surface area contributed by atoms with Gasteiger partial charge in [0.05, 0.1) is 43.0 Å². The number of amides is 2. The first-order valence-corrected chi connectivity index (χ1v) is 14.4. The van der Waals surface area contributed by atoms with Crippen LogP contribution in [0.15, 0.2) is 23.1 Å². The Bertz CT molecular complexity index is 1950. The molecule has 4 aromatic rings. The van der Waals surface area contributed by atoms with Crippen LogP contribution in [-0.4, -0.2) is 68.9 Å². The number of halogens is 3. The van der Waals surface area contributed by atoms with Crippen LogP contribution >= 0.6 is 11.6 Å². The smallest absolute Gasteiger partial charge is 0.263 e. The van der Waals surface area contributed by atoms with E-state index in [4.69, 9.17) is 26.8 Å². The van der Waals surface area contributed by atoms with Crippen molar-refractivity contribution in [1.82, 2.24) is 19.1 Å². The molecule has 1 saturated heterocycles. The van der Waals surface area contributed by atoms with Crippen molar-refractivity contribution in [3.8, 4) is 22.6 Å². The number of nitrogens with two attached hydrogens (primary N) is 1. The lowest BCUT2D eigenvalue weighted by molar-refractivity contribution is -0.116. The lowest BCUT2D eigenvalue weighted by atomic mass is 10.0. The van der Waals surface area contributed by atoms with E-state index in [0.29, 0.717) is 45.0 Å². The van der Waals surface area contributed by atoms with Crippen molar-refractivity contribution in [3.05, 3.63) is 56.9 Å². The Morgan fingerprint density at radius 3 is 2.73 bits per heavy atom. The molecule has 5 heterocycles. The van der Waals surface area contributed by atoms with Gasteiger partial charge in [0.2, 0.25) is 11.9 Å². The number of carbonyl (C=O) groups excluding carboxylic acids is 2. The normalized spacial score (nSPS) is 16.2. The number of carbonyl (C=O) groups is 2. The predicted molar refractivity (Wildman–Crippen MR) is 160 cm³/mol. The molecular weight excluding hydrogens is 616 g/mol. The van der Waals surface area contributed by atoms with Gasteiger partial charge in [0.25, 0.3) is 11.5 Å². The second kappa shape index (κ2) is 11.6. The van der Waals surface area contributed by atoms with Gasteiger partial charge in [-0.1, -0.05) is 11.6 Å². The molecule has 1 atom stereocenters. The van der Waals surface area contributed by atoms with E-state index >= 15 is 4.39 Å². The highest BCUT2D eigenvalue weighted by Gasteiger charge is 2.29. The molecule has 236 valence electrons. The molecule has 6 rings (SSSR count). The summed E-state index contributed by atoms with van der Waals surface area (Å²) < 4.78 is 43.8. The van der Waals surface area contributed by atoms with Crippen molar-refractivity contribution in [2.45, 2.75) is 38.9 Å². The number of primary amides is 1. The van der Waals surface area contributed by atoms with Crippen molar-refractivity contribution < 1.29 is 33.0 Å². The number of aryl methyl sites for hydroxylation is 1. The third-order valence-electron chi connectivity index (χ3n) is 7.95. The lowest BCUT2D eigenvalue weighted by Gasteiger charge is -2.34. The number of anilines is 2. The number of benzene rings is 1. The summed E-state index contributed by atoms with van der Waals surface area (Å²) in [5.41, 5.74) is 4.29. The second-order valence-electron chi connectivity index (χ2n) is 10.8. The van der Waals surface area contributed by atoms with Crippen molar-refractivity contribution in [2.24, 2.45) is 5.73 Å². The van der Waals surface area contributed by atoms with Gasteiger partial charge in [-0.05, 0) is 19.4 Å². The minimum absolute atomic E-state index is 0.00706. The maximum Gasteiger partial charge on any atom is 0.263 e. The Hall–Kier alpha value is -4.76. The maximum absolute atomic E-state index is 15.7. The molecule has 0 saturated carbocycles. The third kappa shape index (κ3) is 5.21. The minimum atomic E-state index is -1.06. The average molecular weight is 644 g/mol. The van der Waals surface area contributed by atoms with Crippen LogP contribution < -0.4 is 26.2 Å². The highest BCUT2D eigenvalue weighted by atomic mass is 35.5. The van der Waals surface area contributed by atoms with Gasteiger partial charge in [-0.25, -0.2) is 14.4 Å². The van der Waals surface area contributed by atoms with Crippen LogP contribution in [0.1, 0.15) is 29.5 Å². The zero-order chi connectivity index (χ0) is 32.2. The Balaban J connectivity index is 1.43. The number of pyridine rings is 1. The Morgan fingerprint density at radius 1 is 1.24 bits per heavy atom. The largest absolute Gasteiger partial charge is 0.504 e. The number of fused-ring (bicyclic) bond motifs is 2. The number of nitrogens with zero attached hydrogens (tertiary/aromatic N) is 5. The molecular formula is C29H28ClF2N7O6. The molecule has 2 amide bonds. The van der Waals surface area contributed by atoms with E-state index < -0.39 is 57.8 Å². The van der Waals surface area contributed by atoms with E-state index in [2.05, 4.69) is 15.3 Å². The van der Waals surface area contributed by atoms with Gasteiger partial charge in [0.1, 0.15) is 28.9 Å². The topological polar surface area (TPSA) is 167 Å². The number of aromatic nitrogens is 4. The van der Waals surface area contributed by atoms with Crippen LogP contribution in [0.4, 0.5) is 20.3 Å². The SMILES string of the molecule is COc1c(O)c(C(N)=O)cc(-c2cn(CC(=O)Nc3cc(N4CCOC[C@@H]4C)nc(F)c3Cl)c3nc4n(c(=O)c23)CCC4)c1F. The summed E-state index contributed by atoms with van der Waals surface area (Å²) in [4.78, 5) is 49.6. The van der Waals surface area contributed by atoms with Crippen LogP contribution in [0, 0.1) is 11.8 Å². The molecule has 0 bridgehead atoms. The highest BCUT2D eigenvalue weighted by molar-refractivity contribution is 6.33. The summed E-state index contributed by atoms with van der Waals surface area (Å²) in [6, 6.07) is 2.38. The van der Waals surface area contributed by atoms with Crippen LogP contribution in [0.5, 0.6) is 11.5 Å². The van der Waals surface area contributed by atoms with Crippen molar-refractivity contribution in [3.63, 3.8) is 0 Å². The van der Waals surface area contributed by atoms with E-state index in [1.807, 2.05) is 11.8 Å². The summed E-state index contributed by atoms with van der Waals surface area (Å²) >= 11 is 6.18. The molecule has 0 unspecified atom stereocenters. The van der Waals surface area contributed by atoms with Crippen molar-refractivity contribution in [1.29, 1.82) is 0 Å². The van der Waals surface area contributed by atoms with Crippen molar-refractivity contribution >= 4 is 46.0 Å². The number of aromatic hydroxyl groups is 1. The monoisotopic (exact) mass is 643 g/mol. The van der Waals surface area contributed by atoms with Gasteiger partial charge in [0.15, 0.2) is 17.3 Å². The number of rotatable bonds is 7. The van der Waals surface area contributed by atoms with Gasteiger partial charge >= 0.3 is 0 Å². The minimum Gasteiger partial charge on any atom is -0.504 e. The molecule has 2 aliphatic rings. The average Bonchev–Trinajstić information content (AvgIpc) is 3.61. The summed E-state index contributed by atoms with van der Waals surface area (Å²) in [6.07, 6.45) is 2.51. The Labute approximate surface area is 259 Å². The fraction of sp³-hybridized carbons (Fsp3) is 0.345. The molecule has 4 N–H and O–H groups in total. The number of nitrogens with one attached hydrogen (secondary N) is 1. The zero-order valence-electron chi connectivity index (χ0n) is 24.2. The first kappa shape index (κ1) is 30.3. The summed E-state index contributed by atoms with van der Waals surface area (Å²) in [5, 5.41) is 12.6. The van der Waals surface area contributed by atoms with Gasteiger partial charge < -0.3 is 35.1 Å². The number of phenols is 1. The van der Waals surface area contributed by atoms with E-state index in [1.54, 1.807) is 0 Å². The summed E-state index contributed by atoms with van der Waals surface area (Å²) in [6.45, 7) is 3.16. The van der Waals surface area contributed by atoms with Crippen LogP contribution in [0.25, 0.3) is 22.2 Å². The van der Waals surface area contributed by atoms with Gasteiger partial charge in [0, 0.05) is 42.9 Å². The van der Waals surface area contributed by atoms with Gasteiger partial charge in [-0.15, -0.1) is 0 Å². The molecule has 3 aromatic heterocycles. The standard InChI is InChI=1S/C29H28ClF2N7O6/c1-13-12-45-7-6-38(13)19-9-17(22(30)26(32)35-19)34-20(40)11-37-10-16(21-28(37)36-18-4-3-5-39(18)29(21)43)14-8-15(27(33)42)24(41)25(44-2)23(14)31/h8-10,13,41H,3-7,11-12H2,1-2H3,(H2,33,42)(H,34,35,40)/t13-/m0/s1. The fourth-order valence-corrected chi connectivity index (χ4v) is 5.93. The molecule has 0 aliphatic carbocycles. The van der Waals surface area contributed by atoms with Gasteiger partial charge in [-0.2, -0.15) is 4.39 Å².